The maximum atomic E-state index is 12.2. The van der Waals surface area contributed by atoms with E-state index in [2.05, 4.69) is 5.32 Å². The summed E-state index contributed by atoms with van der Waals surface area (Å²) in [6.45, 7) is 0.933. The van der Waals surface area contributed by atoms with Gasteiger partial charge in [-0.1, -0.05) is 59.2 Å². The van der Waals surface area contributed by atoms with Gasteiger partial charge in [0.25, 0.3) is 5.71 Å². The summed E-state index contributed by atoms with van der Waals surface area (Å²) in [5, 5.41) is 17.9. The first-order valence-electron chi connectivity index (χ1n) is 9.66. The predicted molar refractivity (Wildman–Crippen MR) is 130 cm³/mol. The van der Waals surface area contributed by atoms with E-state index in [1.54, 1.807) is 6.07 Å². The molecule has 1 unspecified atom stereocenters. The van der Waals surface area contributed by atoms with Gasteiger partial charge in [0.15, 0.2) is 5.04 Å². The van der Waals surface area contributed by atoms with Crippen LogP contribution in [0.15, 0.2) is 65.2 Å². The fourth-order valence-corrected chi connectivity index (χ4v) is 3.94. The molecule has 0 saturated carbocycles. The number of benzene rings is 2. The van der Waals surface area contributed by atoms with E-state index in [1.165, 1.54) is 17.8 Å². The number of nitrogens with one attached hydrogen (secondary N) is 2. The smallest absolute Gasteiger partial charge is 0.252 e. The Morgan fingerprint density at radius 3 is 2.52 bits per heavy atom. The van der Waals surface area contributed by atoms with E-state index in [9.17, 15) is 4.79 Å². The Morgan fingerprint density at radius 2 is 1.87 bits per heavy atom. The molecule has 0 saturated heterocycles. The van der Waals surface area contributed by atoms with Crippen molar-refractivity contribution in [3.05, 3.63) is 75.9 Å². The SMILES string of the molecule is N=C(Sc1ccccc1)C(=[NH2+])/C(N)=C\C(=O)NCCC(CCN)c1ccc(Cl)c(Cl)c1. The van der Waals surface area contributed by atoms with Crippen molar-refractivity contribution in [2.45, 2.75) is 23.7 Å². The number of hydrogen-bond acceptors (Lipinski definition) is 5. The van der Waals surface area contributed by atoms with Crippen LogP contribution in [-0.2, 0) is 4.79 Å². The lowest BCUT2D eigenvalue weighted by Crippen LogP contribution is -2.47. The summed E-state index contributed by atoms with van der Waals surface area (Å²) in [7, 11) is 0. The maximum Gasteiger partial charge on any atom is 0.252 e. The Balaban J connectivity index is 1.89. The second-order valence-corrected chi connectivity index (χ2v) is 8.68. The van der Waals surface area contributed by atoms with Gasteiger partial charge in [0.1, 0.15) is 5.70 Å². The minimum Gasteiger partial charge on any atom is -0.393 e. The Bertz CT molecular complexity index is 966. The van der Waals surface area contributed by atoms with Crippen LogP contribution in [0.25, 0.3) is 0 Å². The molecular weight excluding hydrogens is 453 g/mol. The van der Waals surface area contributed by atoms with Gasteiger partial charge in [-0.15, -0.1) is 0 Å². The summed E-state index contributed by atoms with van der Waals surface area (Å²) in [4.78, 5) is 13.1. The topological polar surface area (TPSA) is 131 Å². The number of carbonyl (C=O) groups is 1. The zero-order chi connectivity index (χ0) is 22.8. The maximum absolute atomic E-state index is 12.2. The Morgan fingerprint density at radius 1 is 1.16 bits per heavy atom. The summed E-state index contributed by atoms with van der Waals surface area (Å²) in [6.07, 6.45) is 2.63. The van der Waals surface area contributed by atoms with Crippen LogP contribution in [0, 0.1) is 5.41 Å². The van der Waals surface area contributed by atoms with E-state index in [1.807, 2.05) is 42.5 Å². The molecule has 0 bridgehead atoms. The van der Waals surface area contributed by atoms with E-state index >= 15 is 0 Å². The highest BCUT2D eigenvalue weighted by atomic mass is 35.5. The van der Waals surface area contributed by atoms with Gasteiger partial charge >= 0.3 is 0 Å². The Kier molecular flexibility index (Phi) is 10.1. The average Bonchev–Trinajstić information content (AvgIpc) is 2.75. The lowest BCUT2D eigenvalue weighted by Gasteiger charge is -2.17. The van der Waals surface area contributed by atoms with Gasteiger partial charge in [-0.25, -0.2) is 0 Å². The van der Waals surface area contributed by atoms with E-state index in [4.69, 9.17) is 45.5 Å². The molecule has 0 spiro atoms. The van der Waals surface area contributed by atoms with Gasteiger partial charge < -0.3 is 16.8 Å². The van der Waals surface area contributed by atoms with Crippen molar-refractivity contribution in [3.8, 4) is 0 Å². The number of halogens is 2. The molecule has 6 nitrogen and oxygen atoms in total. The zero-order valence-corrected chi connectivity index (χ0v) is 19.2. The van der Waals surface area contributed by atoms with Crippen molar-refractivity contribution >= 4 is 51.6 Å². The molecule has 0 aromatic heterocycles. The highest BCUT2D eigenvalue weighted by molar-refractivity contribution is 8.15. The van der Waals surface area contributed by atoms with Crippen molar-refractivity contribution in [1.29, 1.82) is 5.41 Å². The van der Waals surface area contributed by atoms with E-state index < -0.39 is 0 Å². The third kappa shape index (κ3) is 8.03. The van der Waals surface area contributed by atoms with Crippen LogP contribution in [0.4, 0.5) is 0 Å². The lowest BCUT2D eigenvalue weighted by molar-refractivity contribution is -0.117. The Labute approximate surface area is 196 Å². The lowest BCUT2D eigenvalue weighted by atomic mass is 9.92. The largest absolute Gasteiger partial charge is 0.393 e. The molecule has 1 atom stereocenters. The third-order valence-electron chi connectivity index (χ3n) is 4.53. The second-order valence-electron chi connectivity index (χ2n) is 6.79. The summed E-state index contributed by atoms with van der Waals surface area (Å²) in [5.74, 6) is -0.243. The van der Waals surface area contributed by atoms with Gasteiger partial charge in [-0.3, -0.25) is 15.6 Å². The minimum atomic E-state index is -0.376. The predicted octanol–water partition coefficient (Wildman–Crippen LogP) is 2.74. The zero-order valence-electron chi connectivity index (χ0n) is 16.9. The number of carbonyl (C=O) groups excluding carboxylic acids is 1. The van der Waals surface area contributed by atoms with Crippen LogP contribution in [0.3, 0.4) is 0 Å². The summed E-state index contributed by atoms with van der Waals surface area (Å²) < 4.78 is 0. The quantitative estimate of drug-likeness (QED) is 0.155. The van der Waals surface area contributed by atoms with Crippen molar-refractivity contribution < 1.29 is 10.2 Å². The van der Waals surface area contributed by atoms with Crippen molar-refractivity contribution in [1.82, 2.24) is 5.32 Å². The first-order valence-corrected chi connectivity index (χ1v) is 11.2. The molecule has 31 heavy (non-hydrogen) atoms. The summed E-state index contributed by atoms with van der Waals surface area (Å²) in [5.41, 5.74) is 12.8. The monoisotopic (exact) mass is 478 g/mol. The van der Waals surface area contributed by atoms with Crippen LogP contribution >= 0.6 is 35.0 Å². The number of allylic oxidation sites excluding steroid dienone is 1. The molecule has 0 radical (unpaired) electrons. The van der Waals surface area contributed by atoms with Crippen molar-refractivity contribution in [2.75, 3.05) is 13.1 Å². The molecule has 2 aromatic rings. The number of hydrogen-bond donors (Lipinski definition) is 5. The Hall–Kier alpha value is -2.32. The molecule has 2 aromatic carbocycles. The molecule has 164 valence electrons. The standard InChI is InChI=1S/C22H25Cl2N5OS/c23-17-7-6-15(12-18(17)24)14(8-10-25)9-11-29-20(30)13-19(26)21(27)22(28)31-16-4-2-1-3-5-16/h1-7,12-14,27-28H,8-11,25-26H2,(H,29,30)/p+1/b19-13+,27-21?,28-22?. The molecule has 0 aliphatic heterocycles. The van der Waals surface area contributed by atoms with E-state index in [0.29, 0.717) is 29.6 Å². The second kappa shape index (κ2) is 12.5. The molecular formula is C22H26Cl2N5OS+. The fraction of sp³-hybridized carbons (Fsp3) is 0.227. The van der Waals surface area contributed by atoms with Crippen LogP contribution in [0.5, 0.6) is 0 Å². The van der Waals surface area contributed by atoms with Gasteiger partial charge in [0, 0.05) is 17.5 Å². The first kappa shape index (κ1) is 24.9. The van der Waals surface area contributed by atoms with Crippen LogP contribution in [-0.4, -0.2) is 29.8 Å². The van der Waals surface area contributed by atoms with Crippen LogP contribution in [0.2, 0.25) is 10.0 Å². The molecule has 8 N–H and O–H groups in total. The number of nitrogens with two attached hydrogens (primary N) is 3. The van der Waals surface area contributed by atoms with Crippen molar-refractivity contribution in [2.24, 2.45) is 11.5 Å². The van der Waals surface area contributed by atoms with Crippen molar-refractivity contribution in [3.63, 3.8) is 0 Å². The molecule has 0 aliphatic carbocycles. The number of rotatable bonds is 10. The van der Waals surface area contributed by atoms with Gasteiger partial charge in [-0.05, 0) is 55.1 Å². The number of thioether (sulfide) groups is 1. The first-order chi connectivity index (χ1) is 14.8. The fourth-order valence-electron chi connectivity index (χ4n) is 2.88. The van der Waals surface area contributed by atoms with E-state index in [-0.39, 0.29) is 28.3 Å². The highest BCUT2D eigenvalue weighted by Gasteiger charge is 2.17. The average molecular weight is 479 g/mol. The molecule has 9 heteroatoms. The molecule has 1 amide bonds. The molecule has 0 fully saturated rings. The normalized spacial score (nSPS) is 12.3. The molecule has 0 aliphatic rings. The molecule has 0 heterocycles. The van der Waals surface area contributed by atoms with Crippen LogP contribution in [0.1, 0.15) is 24.3 Å². The highest BCUT2D eigenvalue weighted by Crippen LogP contribution is 2.29. The summed E-state index contributed by atoms with van der Waals surface area (Å²) >= 11 is 13.3. The van der Waals surface area contributed by atoms with E-state index in [0.717, 1.165) is 16.9 Å². The number of amides is 1. The third-order valence-corrected chi connectivity index (χ3v) is 6.20. The van der Waals surface area contributed by atoms with Gasteiger partial charge in [-0.2, -0.15) is 0 Å². The molecule has 2 rings (SSSR count). The van der Waals surface area contributed by atoms with Gasteiger partial charge in [0.2, 0.25) is 5.91 Å². The minimum absolute atomic E-state index is 0.0499. The summed E-state index contributed by atoms with van der Waals surface area (Å²) in [6, 6.07) is 14.9. The van der Waals surface area contributed by atoms with Gasteiger partial charge in [0.05, 0.1) is 10.0 Å². The van der Waals surface area contributed by atoms with Crippen LogP contribution < -0.4 is 22.2 Å².